The van der Waals surface area contributed by atoms with Crippen molar-refractivity contribution in [1.82, 2.24) is 14.0 Å². The lowest BCUT2D eigenvalue weighted by Crippen LogP contribution is -2.39. The summed E-state index contributed by atoms with van der Waals surface area (Å²) in [6.07, 6.45) is 1.69. The molecule has 0 amide bonds. The Bertz CT molecular complexity index is 556. The molecule has 1 heterocycles. The Morgan fingerprint density at radius 2 is 2.25 bits per heavy atom. The summed E-state index contributed by atoms with van der Waals surface area (Å²) in [6, 6.07) is -0.567. The van der Waals surface area contributed by atoms with E-state index in [0.717, 1.165) is 24.2 Å². The number of aromatic carboxylic acids is 1. The summed E-state index contributed by atoms with van der Waals surface area (Å²) in [4.78, 5) is 14.6. The van der Waals surface area contributed by atoms with Gasteiger partial charge in [-0.15, -0.1) is 11.3 Å². The van der Waals surface area contributed by atoms with Crippen molar-refractivity contribution in [2.24, 2.45) is 0 Å². The molecule has 0 aromatic carbocycles. The number of carboxylic acid groups (broad SMARTS) is 1. The van der Waals surface area contributed by atoms with Gasteiger partial charge in [0, 0.05) is 19.0 Å². The van der Waals surface area contributed by atoms with Gasteiger partial charge in [-0.2, -0.15) is 17.4 Å². The lowest BCUT2D eigenvalue weighted by molar-refractivity contribution is 0.0691. The maximum absolute atomic E-state index is 12.0. The molecule has 0 aliphatic rings. The number of rotatable bonds is 8. The van der Waals surface area contributed by atoms with Crippen molar-refractivity contribution in [3.63, 3.8) is 0 Å². The molecule has 0 saturated heterocycles. The van der Waals surface area contributed by atoms with Gasteiger partial charge in [-0.3, -0.25) is 0 Å². The largest absolute Gasteiger partial charge is 0.476 e. The number of hydrogen-bond donors (Lipinski definition) is 2. The summed E-state index contributed by atoms with van der Waals surface area (Å²) in [5, 5.41) is 10.6. The van der Waals surface area contributed by atoms with Gasteiger partial charge in [0.2, 0.25) is 0 Å². The number of nitrogens with zero attached hydrogens (tertiary/aromatic N) is 2. The first-order valence-electron chi connectivity index (χ1n) is 6.20. The second kappa shape index (κ2) is 7.11. The van der Waals surface area contributed by atoms with Crippen molar-refractivity contribution in [3.05, 3.63) is 16.1 Å². The van der Waals surface area contributed by atoms with E-state index in [4.69, 9.17) is 5.11 Å². The van der Waals surface area contributed by atoms with Crippen LogP contribution in [0.15, 0.2) is 5.38 Å². The van der Waals surface area contributed by atoms with E-state index in [2.05, 4.69) is 9.71 Å². The second-order valence-corrected chi connectivity index (χ2v) is 7.09. The molecular weight excluding hydrogens is 302 g/mol. The van der Waals surface area contributed by atoms with E-state index in [1.807, 2.05) is 6.92 Å². The molecule has 7 nitrogen and oxygen atoms in total. The highest BCUT2D eigenvalue weighted by molar-refractivity contribution is 7.87. The van der Waals surface area contributed by atoms with Crippen LogP contribution in [0.25, 0.3) is 0 Å². The van der Waals surface area contributed by atoms with Gasteiger partial charge in [0.05, 0.1) is 6.04 Å². The van der Waals surface area contributed by atoms with Crippen molar-refractivity contribution in [1.29, 1.82) is 0 Å². The molecule has 20 heavy (non-hydrogen) atoms. The number of carbonyl (C=O) groups is 1. The van der Waals surface area contributed by atoms with E-state index in [9.17, 15) is 13.2 Å². The molecule has 1 aromatic heterocycles. The fourth-order valence-electron chi connectivity index (χ4n) is 1.45. The molecule has 0 fully saturated rings. The number of unbranched alkanes of at least 4 members (excludes halogenated alkanes) is 1. The van der Waals surface area contributed by atoms with Crippen LogP contribution in [0.5, 0.6) is 0 Å². The minimum atomic E-state index is -3.59. The Morgan fingerprint density at radius 3 is 2.75 bits per heavy atom. The van der Waals surface area contributed by atoms with Gasteiger partial charge in [0.25, 0.3) is 10.2 Å². The van der Waals surface area contributed by atoms with Crippen molar-refractivity contribution in [2.45, 2.75) is 32.7 Å². The highest BCUT2D eigenvalue weighted by atomic mass is 32.2. The van der Waals surface area contributed by atoms with Gasteiger partial charge in [0.1, 0.15) is 5.01 Å². The van der Waals surface area contributed by atoms with Crippen LogP contribution in [0, 0.1) is 0 Å². The lowest BCUT2D eigenvalue weighted by atomic mass is 10.3. The molecule has 1 unspecified atom stereocenters. The Hall–Kier alpha value is -1.03. The van der Waals surface area contributed by atoms with E-state index in [0.29, 0.717) is 11.6 Å². The van der Waals surface area contributed by atoms with Gasteiger partial charge >= 0.3 is 5.97 Å². The van der Waals surface area contributed by atoms with Crippen molar-refractivity contribution in [2.75, 3.05) is 13.6 Å². The van der Waals surface area contributed by atoms with Gasteiger partial charge in [-0.05, 0) is 13.3 Å². The average molecular weight is 321 g/mol. The quantitative estimate of drug-likeness (QED) is 0.755. The number of hydrogen-bond acceptors (Lipinski definition) is 5. The maximum atomic E-state index is 12.0. The Kier molecular flexibility index (Phi) is 6.06. The van der Waals surface area contributed by atoms with Crippen LogP contribution < -0.4 is 4.72 Å². The molecule has 114 valence electrons. The van der Waals surface area contributed by atoms with Gasteiger partial charge in [0.15, 0.2) is 5.69 Å². The molecule has 9 heteroatoms. The zero-order chi connectivity index (χ0) is 15.3. The third-order valence-electron chi connectivity index (χ3n) is 2.67. The zero-order valence-corrected chi connectivity index (χ0v) is 13.3. The summed E-state index contributed by atoms with van der Waals surface area (Å²) in [6.45, 7) is 4.06. The number of nitrogens with one attached hydrogen (secondary N) is 1. The molecule has 0 aliphatic heterocycles. The number of thiazole rings is 1. The molecule has 0 aliphatic carbocycles. The van der Waals surface area contributed by atoms with Crippen LogP contribution in [0.4, 0.5) is 0 Å². The Labute approximate surface area is 122 Å². The smallest absolute Gasteiger partial charge is 0.355 e. The fraction of sp³-hybridized carbons (Fsp3) is 0.636. The molecule has 0 bridgehead atoms. The molecule has 1 aromatic rings. The molecule has 0 spiro atoms. The highest BCUT2D eigenvalue weighted by Gasteiger charge is 2.22. The van der Waals surface area contributed by atoms with Crippen molar-refractivity contribution in [3.8, 4) is 0 Å². The first-order chi connectivity index (χ1) is 9.27. The Morgan fingerprint density at radius 1 is 1.60 bits per heavy atom. The van der Waals surface area contributed by atoms with Crippen molar-refractivity contribution < 1.29 is 18.3 Å². The zero-order valence-electron chi connectivity index (χ0n) is 11.7. The molecule has 0 radical (unpaired) electrons. The number of aromatic nitrogens is 1. The summed E-state index contributed by atoms with van der Waals surface area (Å²) < 4.78 is 27.8. The minimum Gasteiger partial charge on any atom is -0.476 e. The number of carboxylic acids is 1. The normalized spacial score (nSPS) is 13.6. The van der Waals surface area contributed by atoms with Crippen LogP contribution in [-0.4, -0.2) is 42.4 Å². The second-order valence-electron chi connectivity index (χ2n) is 4.40. The van der Waals surface area contributed by atoms with Crippen LogP contribution in [0.2, 0.25) is 0 Å². The predicted octanol–water partition coefficient (Wildman–Crippen LogP) is 1.47. The molecule has 1 rings (SSSR count). The highest BCUT2D eigenvalue weighted by Crippen LogP contribution is 2.19. The summed E-state index contributed by atoms with van der Waals surface area (Å²) in [7, 11) is -2.08. The van der Waals surface area contributed by atoms with Gasteiger partial charge in [-0.1, -0.05) is 13.3 Å². The van der Waals surface area contributed by atoms with E-state index in [-0.39, 0.29) is 5.69 Å². The van der Waals surface area contributed by atoms with E-state index < -0.39 is 22.2 Å². The van der Waals surface area contributed by atoms with Gasteiger partial charge in [-0.25, -0.2) is 9.78 Å². The summed E-state index contributed by atoms with van der Waals surface area (Å²) in [5.74, 6) is -1.12. The minimum absolute atomic E-state index is 0.0737. The third-order valence-corrected chi connectivity index (χ3v) is 5.36. The van der Waals surface area contributed by atoms with Crippen LogP contribution in [0.1, 0.15) is 48.2 Å². The van der Waals surface area contributed by atoms with Crippen LogP contribution in [-0.2, 0) is 10.2 Å². The standard InChI is InChI=1S/C11H19N3O4S2/c1-4-5-6-14(3)20(17,18)13-8(2)10-12-9(7-19-10)11(15)16/h7-8,13H,4-6H2,1-3H3,(H,15,16). The van der Waals surface area contributed by atoms with E-state index in [1.54, 1.807) is 6.92 Å². The van der Waals surface area contributed by atoms with Crippen molar-refractivity contribution >= 4 is 27.5 Å². The third kappa shape index (κ3) is 4.51. The van der Waals surface area contributed by atoms with E-state index in [1.165, 1.54) is 16.7 Å². The van der Waals surface area contributed by atoms with Gasteiger partial charge < -0.3 is 5.11 Å². The lowest BCUT2D eigenvalue weighted by Gasteiger charge is -2.19. The van der Waals surface area contributed by atoms with E-state index >= 15 is 0 Å². The van der Waals surface area contributed by atoms with Crippen LogP contribution in [0.3, 0.4) is 0 Å². The average Bonchev–Trinajstić information content (AvgIpc) is 2.85. The summed E-state index contributed by atoms with van der Waals surface area (Å²) >= 11 is 1.12. The molecule has 2 N–H and O–H groups in total. The SMILES string of the molecule is CCCCN(C)S(=O)(=O)NC(C)c1nc(C(=O)O)cs1. The fourth-order valence-corrected chi connectivity index (χ4v) is 3.43. The predicted molar refractivity (Wildman–Crippen MR) is 77.1 cm³/mol. The molecule has 0 saturated carbocycles. The Balaban J connectivity index is 2.72. The first-order valence-corrected chi connectivity index (χ1v) is 8.52. The first kappa shape index (κ1) is 17.0. The topological polar surface area (TPSA) is 99.6 Å². The monoisotopic (exact) mass is 321 g/mol. The summed E-state index contributed by atoms with van der Waals surface area (Å²) in [5.41, 5.74) is -0.0737. The van der Waals surface area contributed by atoms with Crippen LogP contribution >= 0.6 is 11.3 Å². The maximum Gasteiger partial charge on any atom is 0.355 e. The molecular formula is C11H19N3O4S2. The molecule has 1 atom stereocenters.